The Morgan fingerprint density at radius 3 is 2.11 bits per heavy atom. The number of phenols is 1. The van der Waals surface area contributed by atoms with Gasteiger partial charge in [-0.15, -0.1) is 20.5 Å². The first-order chi connectivity index (χ1) is 17.2. The summed E-state index contributed by atoms with van der Waals surface area (Å²) in [6, 6.07) is 10.1. The Kier molecular flexibility index (Phi) is 7.56. The van der Waals surface area contributed by atoms with Gasteiger partial charge >= 0.3 is 5.97 Å². The number of carbonyl (C=O) groups is 1. The molecule has 0 fully saturated rings. The lowest BCUT2D eigenvalue weighted by Gasteiger charge is -2.11. The summed E-state index contributed by atoms with van der Waals surface area (Å²) < 4.78 is 61.8. The standard InChI is InChI=1S/C21H20N6O8S2/c1-35-21(29)12-5-3-4-6-13(12)24-26-15-10-17(37(32,33)34)19(23)20(18(15)22)27-25-14-9-11(36(2,30)31)7-8-16(14)28/h3-10,28H,22-23H2,1-2H3,(H,32,33,34)/b26-24+,27-25+. The minimum Gasteiger partial charge on any atom is -0.506 e. The van der Waals surface area contributed by atoms with Gasteiger partial charge in [0.05, 0.1) is 28.9 Å². The smallest absolute Gasteiger partial charge is 0.340 e. The van der Waals surface area contributed by atoms with Gasteiger partial charge in [0.15, 0.2) is 9.84 Å². The molecule has 0 saturated carbocycles. The van der Waals surface area contributed by atoms with Crippen molar-refractivity contribution in [3.63, 3.8) is 0 Å². The molecule has 3 aromatic carbocycles. The minimum atomic E-state index is -4.91. The number of nitrogen functional groups attached to an aromatic ring is 2. The van der Waals surface area contributed by atoms with Crippen LogP contribution in [0.5, 0.6) is 5.75 Å². The lowest BCUT2D eigenvalue weighted by atomic mass is 10.2. The van der Waals surface area contributed by atoms with E-state index in [1.807, 2.05) is 0 Å². The molecule has 14 nitrogen and oxygen atoms in total. The molecule has 0 aromatic heterocycles. The topological polar surface area (TPSA) is 237 Å². The Morgan fingerprint density at radius 2 is 1.49 bits per heavy atom. The Balaban J connectivity index is 2.18. The van der Waals surface area contributed by atoms with Crippen molar-refractivity contribution in [3.8, 4) is 5.75 Å². The number of anilines is 2. The lowest BCUT2D eigenvalue weighted by Crippen LogP contribution is -2.05. The van der Waals surface area contributed by atoms with E-state index in [1.54, 1.807) is 12.1 Å². The molecule has 0 bridgehead atoms. The fraction of sp³-hybridized carbons (Fsp3) is 0.0952. The average molecular weight is 549 g/mol. The van der Waals surface area contributed by atoms with Gasteiger partial charge < -0.3 is 21.3 Å². The minimum absolute atomic E-state index is 0.0546. The first kappa shape index (κ1) is 27.2. The van der Waals surface area contributed by atoms with Crippen molar-refractivity contribution in [3.05, 3.63) is 54.1 Å². The van der Waals surface area contributed by atoms with Crippen molar-refractivity contribution in [2.45, 2.75) is 9.79 Å². The second kappa shape index (κ2) is 10.3. The Bertz CT molecular complexity index is 1670. The molecule has 0 atom stereocenters. The predicted molar refractivity (Wildman–Crippen MR) is 132 cm³/mol. The maximum atomic E-state index is 12.0. The summed E-state index contributed by atoms with van der Waals surface area (Å²) in [5.41, 5.74) is 10.0. The van der Waals surface area contributed by atoms with E-state index in [4.69, 9.17) is 11.5 Å². The molecule has 6 N–H and O–H groups in total. The van der Waals surface area contributed by atoms with Crippen LogP contribution in [0, 0.1) is 0 Å². The van der Waals surface area contributed by atoms with E-state index in [-0.39, 0.29) is 33.2 Å². The number of nitrogens with two attached hydrogens (primary N) is 2. The molecule has 0 aliphatic rings. The highest BCUT2D eigenvalue weighted by Gasteiger charge is 2.23. The van der Waals surface area contributed by atoms with Crippen LogP contribution in [0.15, 0.2) is 78.8 Å². The van der Waals surface area contributed by atoms with Crippen LogP contribution < -0.4 is 11.5 Å². The van der Waals surface area contributed by atoms with E-state index in [9.17, 15) is 31.3 Å². The second-order valence-electron chi connectivity index (χ2n) is 7.38. The molecule has 0 aliphatic heterocycles. The second-order valence-corrected chi connectivity index (χ2v) is 10.8. The van der Waals surface area contributed by atoms with Gasteiger partial charge in [0, 0.05) is 6.26 Å². The monoisotopic (exact) mass is 548 g/mol. The van der Waals surface area contributed by atoms with Crippen LogP contribution in [0.1, 0.15) is 10.4 Å². The van der Waals surface area contributed by atoms with Crippen molar-refractivity contribution in [1.29, 1.82) is 0 Å². The number of sulfone groups is 1. The first-order valence-electron chi connectivity index (χ1n) is 9.97. The Labute approximate surface area is 211 Å². The molecular formula is C21H20N6O8S2. The number of rotatable bonds is 7. The van der Waals surface area contributed by atoms with Gasteiger partial charge in [-0.3, -0.25) is 4.55 Å². The molecule has 37 heavy (non-hydrogen) atoms. The molecule has 0 heterocycles. The molecular weight excluding hydrogens is 528 g/mol. The number of azo groups is 2. The van der Waals surface area contributed by atoms with Gasteiger partial charge in [-0.05, 0) is 36.4 Å². The van der Waals surface area contributed by atoms with Gasteiger partial charge in [0.2, 0.25) is 0 Å². The van der Waals surface area contributed by atoms with E-state index in [0.29, 0.717) is 0 Å². The number of nitrogens with zero attached hydrogens (tertiary/aromatic N) is 4. The molecule has 0 saturated heterocycles. The summed E-state index contributed by atoms with van der Waals surface area (Å²) in [5.74, 6) is -1.15. The van der Waals surface area contributed by atoms with Gasteiger partial charge in [-0.2, -0.15) is 8.42 Å². The molecule has 0 unspecified atom stereocenters. The SMILES string of the molecule is COC(=O)c1ccccc1/N=N/c1cc(S(=O)(=O)O)c(N)c(/N=N/c2cc(S(C)(=O)=O)ccc2O)c1N. The van der Waals surface area contributed by atoms with Crippen LogP contribution in [-0.4, -0.2) is 45.8 Å². The zero-order valence-electron chi connectivity index (χ0n) is 19.2. The Hall–Kier alpha value is -4.41. The third-order valence-electron chi connectivity index (χ3n) is 4.80. The Morgan fingerprint density at radius 1 is 0.865 bits per heavy atom. The highest BCUT2D eigenvalue weighted by molar-refractivity contribution is 7.90. The molecule has 0 spiro atoms. The van der Waals surface area contributed by atoms with Crippen LogP contribution >= 0.6 is 0 Å². The summed E-state index contributed by atoms with van der Waals surface area (Å²) in [4.78, 5) is 11.0. The van der Waals surface area contributed by atoms with Crippen molar-refractivity contribution in [1.82, 2.24) is 0 Å². The van der Waals surface area contributed by atoms with Crippen LogP contribution in [-0.2, 0) is 24.7 Å². The molecule has 0 aliphatic carbocycles. The van der Waals surface area contributed by atoms with E-state index >= 15 is 0 Å². The van der Waals surface area contributed by atoms with E-state index in [2.05, 4.69) is 25.2 Å². The number of esters is 1. The lowest BCUT2D eigenvalue weighted by molar-refractivity contribution is 0.0601. The molecule has 194 valence electrons. The van der Waals surface area contributed by atoms with Gasteiger partial charge in [-0.25, -0.2) is 13.2 Å². The number of methoxy groups -OCH3 is 1. The first-order valence-corrected chi connectivity index (χ1v) is 13.3. The maximum Gasteiger partial charge on any atom is 0.340 e. The normalized spacial score (nSPS) is 12.3. The zero-order valence-corrected chi connectivity index (χ0v) is 20.9. The maximum absolute atomic E-state index is 12.0. The number of hydrogen-bond acceptors (Lipinski definition) is 13. The van der Waals surface area contributed by atoms with Crippen LogP contribution in [0.2, 0.25) is 0 Å². The molecule has 0 amide bonds. The number of carbonyl (C=O) groups excluding carboxylic acids is 1. The summed E-state index contributed by atoms with van der Waals surface area (Å²) in [5, 5.41) is 25.4. The molecule has 3 aromatic rings. The van der Waals surface area contributed by atoms with Gasteiger partial charge in [-0.1, -0.05) is 12.1 Å². The van der Waals surface area contributed by atoms with Crippen LogP contribution in [0.4, 0.5) is 34.1 Å². The highest BCUT2D eigenvalue weighted by Crippen LogP contribution is 2.43. The quantitative estimate of drug-likeness (QED) is 0.144. The highest BCUT2D eigenvalue weighted by atomic mass is 32.2. The van der Waals surface area contributed by atoms with E-state index < -0.39 is 47.9 Å². The summed E-state index contributed by atoms with van der Waals surface area (Å²) >= 11 is 0. The number of ether oxygens (including phenoxy) is 1. The van der Waals surface area contributed by atoms with Crippen molar-refractivity contribution >= 4 is 60.0 Å². The largest absolute Gasteiger partial charge is 0.506 e. The molecule has 0 radical (unpaired) electrons. The third kappa shape index (κ3) is 6.05. The van der Waals surface area contributed by atoms with Crippen LogP contribution in [0.25, 0.3) is 0 Å². The fourth-order valence-corrected chi connectivity index (χ4v) is 4.21. The predicted octanol–water partition coefficient (Wildman–Crippen LogP) is 3.82. The number of benzene rings is 3. The summed E-state index contributed by atoms with van der Waals surface area (Å²) in [7, 11) is -7.39. The van der Waals surface area contributed by atoms with E-state index in [0.717, 1.165) is 30.5 Å². The third-order valence-corrected chi connectivity index (χ3v) is 6.81. The van der Waals surface area contributed by atoms with Crippen molar-refractivity contribution in [2.24, 2.45) is 20.5 Å². The number of phenolic OH excluding ortho intramolecular Hbond substituents is 1. The van der Waals surface area contributed by atoms with Crippen molar-refractivity contribution < 1.29 is 36.0 Å². The van der Waals surface area contributed by atoms with Crippen LogP contribution in [0.3, 0.4) is 0 Å². The van der Waals surface area contributed by atoms with Gasteiger partial charge in [0.1, 0.15) is 33.4 Å². The summed E-state index contributed by atoms with van der Waals surface area (Å²) in [6.07, 6.45) is 0.946. The molecule has 3 rings (SSSR count). The van der Waals surface area contributed by atoms with E-state index in [1.165, 1.54) is 19.2 Å². The van der Waals surface area contributed by atoms with Gasteiger partial charge in [0.25, 0.3) is 10.1 Å². The zero-order chi connectivity index (χ0) is 27.5. The summed E-state index contributed by atoms with van der Waals surface area (Å²) in [6.45, 7) is 0. The number of hydrogen-bond donors (Lipinski definition) is 4. The average Bonchev–Trinajstić information content (AvgIpc) is 2.82. The fourth-order valence-electron chi connectivity index (χ4n) is 2.94. The van der Waals surface area contributed by atoms with Crippen molar-refractivity contribution in [2.75, 3.05) is 24.8 Å². The molecule has 16 heteroatoms. The number of aromatic hydroxyl groups is 1.